The Hall–Kier alpha value is -1.70. The lowest BCUT2D eigenvalue weighted by atomic mass is 9.86. The highest BCUT2D eigenvalue weighted by Gasteiger charge is 2.42. The number of benzene rings is 1. The zero-order valence-corrected chi connectivity index (χ0v) is 12.2. The van der Waals surface area contributed by atoms with Gasteiger partial charge in [0.25, 0.3) is 0 Å². The average Bonchev–Trinajstić information content (AvgIpc) is 2.44. The van der Waals surface area contributed by atoms with Gasteiger partial charge in [-0.15, -0.1) is 0 Å². The zero-order chi connectivity index (χ0) is 15.4. The van der Waals surface area contributed by atoms with Crippen LogP contribution in [0.3, 0.4) is 0 Å². The molecule has 2 rings (SSSR count). The van der Waals surface area contributed by atoms with Gasteiger partial charge in [0.1, 0.15) is 12.2 Å². The molecule has 7 heteroatoms. The molecule has 0 aromatic heterocycles. The van der Waals surface area contributed by atoms with Crippen LogP contribution in [0.5, 0.6) is 5.75 Å². The predicted octanol–water partition coefficient (Wildman–Crippen LogP) is 1.41. The van der Waals surface area contributed by atoms with Crippen LogP contribution in [0, 0.1) is 17.0 Å². The standard InChI is InChI=1S/C14H20N2O5/c1-9-4-3-5-11(16(17)18)13(9)21-12-8-10(15)14(12)20-7-6-19-2/h3-5,10,12,14H,6-8,15H2,1-2H3. The van der Waals surface area contributed by atoms with Crippen LogP contribution < -0.4 is 10.5 Å². The van der Waals surface area contributed by atoms with Crippen LogP contribution in [0.4, 0.5) is 5.69 Å². The average molecular weight is 296 g/mol. The molecule has 1 saturated carbocycles. The van der Waals surface area contributed by atoms with Gasteiger partial charge in [0.05, 0.1) is 18.1 Å². The number of rotatable bonds is 7. The number of nitro benzene ring substituents is 1. The highest BCUT2D eigenvalue weighted by Crippen LogP contribution is 2.35. The predicted molar refractivity (Wildman–Crippen MR) is 76.5 cm³/mol. The van der Waals surface area contributed by atoms with Crippen molar-refractivity contribution in [1.82, 2.24) is 0 Å². The number of nitro groups is 1. The Bertz CT molecular complexity index is 508. The minimum absolute atomic E-state index is 0.0360. The van der Waals surface area contributed by atoms with Crippen LogP contribution in [0.2, 0.25) is 0 Å². The Morgan fingerprint density at radius 1 is 1.43 bits per heavy atom. The molecule has 0 heterocycles. The summed E-state index contributed by atoms with van der Waals surface area (Å²) < 4.78 is 16.3. The molecule has 1 aromatic rings. The topological polar surface area (TPSA) is 96.9 Å². The molecule has 1 aliphatic carbocycles. The second-order valence-electron chi connectivity index (χ2n) is 5.06. The van der Waals surface area contributed by atoms with E-state index in [9.17, 15) is 10.1 Å². The third-order valence-corrected chi connectivity index (χ3v) is 3.55. The van der Waals surface area contributed by atoms with Crippen LogP contribution in [0.25, 0.3) is 0 Å². The van der Waals surface area contributed by atoms with Crippen molar-refractivity contribution < 1.29 is 19.1 Å². The lowest BCUT2D eigenvalue weighted by Crippen LogP contribution is -2.59. The maximum atomic E-state index is 11.1. The van der Waals surface area contributed by atoms with E-state index in [-0.39, 0.29) is 23.9 Å². The van der Waals surface area contributed by atoms with Crippen LogP contribution in [0.1, 0.15) is 12.0 Å². The van der Waals surface area contributed by atoms with Gasteiger partial charge in [-0.25, -0.2) is 0 Å². The monoisotopic (exact) mass is 296 g/mol. The van der Waals surface area contributed by atoms with E-state index in [0.29, 0.717) is 25.4 Å². The molecule has 3 unspecified atom stereocenters. The van der Waals surface area contributed by atoms with Crippen molar-refractivity contribution in [3.8, 4) is 5.75 Å². The molecule has 21 heavy (non-hydrogen) atoms. The first kappa shape index (κ1) is 15.7. The van der Waals surface area contributed by atoms with Crippen molar-refractivity contribution in [2.24, 2.45) is 5.73 Å². The Kier molecular flexibility index (Phi) is 5.11. The molecule has 7 nitrogen and oxygen atoms in total. The van der Waals surface area contributed by atoms with Crippen LogP contribution >= 0.6 is 0 Å². The Morgan fingerprint density at radius 2 is 2.19 bits per heavy atom. The molecule has 0 bridgehead atoms. The molecule has 0 aliphatic heterocycles. The number of para-hydroxylation sites is 1. The Labute approximate surface area is 123 Å². The van der Waals surface area contributed by atoms with Gasteiger partial charge in [-0.2, -0.15) is 0 Å². The fraction of sp³-hybridized carbons (Fsp3) is 0.571. The third kappa shape index (κ3) is 3.49. The molecule has 0 radical (unpaired) electrons. The summed E-state index contributed by atoms with van der Waals surface area (Å²) in [7, 11) is 1.59. The summed E-state index contributed by atoms with van der Waals surface area (Å²) >= 11 is 0. The van der Waals surface area contributed by atoms with E-state index in [1.54, 1.807) is 26.2 Å². The lowest BCUT2D eigenvalue weighted by molar-refractivity contribution is -0.386. The SMILES string of the molecule is COCCOC1C(N)CC1Oc1c(C)cccc1[N+](=O)[O-]. The van der Waals surface area contributed by atoms with Gasteiger partial charge in [0.2, 0.25) is 0 Å². The van der Waals surface area contributed by atoms with E-state index in [4.69, 9.17) is 19.9 Å². The van der Waals surface area contributed by atoms with Gasteiger partial charge >= 0.3 is 5.69 Å². The minimum atomic E-state index is -0.443. The summed E-state index contributed by atoms with van der Waals surface area (Å²) in [5, 5.41) is 11.1. The van der Waals surface area contributed by atoms with E-state index >= 15 is 0 Å². The molecule has 3 atom stereocenters. The molecule has 0 spiro atoms. The summed E-state index contributed by atoms with van der Waals surface area (Å²) in [5.74, 6) is 0.291. The fourth-order valence-corrected chi connectivity index (χ4v) is 2.32. The van der Waals surface area contributed by atoms with E-state index in [0.717, 1.165) is 5.56 Å². The fourth-order valence-electron chi connectivity index (χ4n) is 2.32. The molecule has 2 N–H and O–H groups in total. The molecule has 1 aromatic carbocycles. The van der Waals surface area contributed by atoms with Crippen LogP contribution in [-0.2, 0) is 9.47 Å². The Morgan fingerprint density at radius 3 is 2.81 bits per heavy atom. The summed E-state index contributed by atoms with van der Waals surface area (Å²) in [4.78, 5) is 10.6. The van der Waals surface area contributed by atoms with Gasteiger partial charge < -0.3 is 19.9 Å². The van der Waals surface area contributed by atoms with Gasteiger partial charge in [-0.05, 0) is 12.5 Å². The van der Waals surface area contributed by atoms with Crippen LogP contribution in [-0.4, -0.2) is 43.5 Å². The van der Waals surface area contributed by atoms with Crippen molar-refractivity contribution in [3.05, 3.63) is 33.9 Å². The highest BCUT2D eigenvalue weighted by atomic mass is 16.6. The lowest BCUT2D eigenvalue weighted by Gasteiger charge is -2.41. The first-order chi connectivity index (χ1) is 10.0. The number of nitrogens with zero attached hydrogens (tertiary/aromatic N) is 1. The second kappa shape index (κ2) is 6.84. The van der Waals surface area contributed by atoms with Gasteiger partial charge in [-0.3, -0.25) is 10.1 Å². The number of aryl methyl sites for hydroxylation is 1. The first-order valence-corrected chi connectivity index (χ1v) is 6.81. The number of ether oxygens (including phenoxy) is 3. The van der Waals surface area contributed by atoms with Crippen molar-refractivity contribution in [2.75, 3.05) is 20.3 Å². The van der Waals surface area contributed by atoms with Gasteiger partial charge in [-0.1, -0.05) is 12.1 Å². The molecular weight excluding hydrogens is 276 g/mol. The summed E-state index contributed by atoms with van der Waals surface area (Å²) in [5.41, 5.74) is 6.59. The zero-order valence-electron chi connectivity index (χ0n) is 12.2. The summed E-state index contributed by atoms with van der Waals surface area (Å²) in [6.07, 6.45) is 0.0828. The van der Waals surface area contributed by atoms with Crippen molar-refractivity contribution in [1.29, 1.82) is 0 Å². The van der Waals surface area contributed by atoms with E-state index < -0.39 is 4.92 Å². The number of methoxy groups -OCH3 is 1. The molecule has 0 saturated heterocycles. The number of hydrogen-bond acceptors (Lipinski definition) is 6. The van der Waals surface area contributed by atoms with E-state index in [1.165, 1.54) is 6.07 Å². The minimum Gasteiger partial charge on any atom is -0.480 e. The molecule has 0 amide bonds. The summed E-state index contributed by atoms with van der Waals surface area (Å²) in [6.45, 7) is 2.67. The smallest absolute Gasteiger partial charge is 0.311 e. The Balaban J connectivity index is 2.06. The van der Waals surface area contributed by atoms with Crippen LogP contribution in [0.15, 0.2) is 18.2 Å². The maximum absolute atomic E-state index is 11.1. The number of hydrogen-bond donors (Lipinski definition) is 1. The van der Waals surface area contributed by atoms with E-state index in [1.807, 2.05) is 0 Å². The summed E-state index contributed by atoms with van der Waals surface area (Å²) in [6, 6.07) is 4.73. The van der Waals surface area contributed by atoms with E-state index in [2.05, 4.69) is 0 Å². The quantitative estimate of drug-likeness (QED) is 0.464. The largest absolute Gasteiger partial charge is 0.480 e. The molecule has 1 fully saturated rings. The van der Waals surface area contributed by atoms with Gasteiger partial charge in [0, 0.05) is 25.6 Å². The number of nitrogens with two attached hydrogens (primary N) is 1. The molecule has 1 aliphatic rings. The van der Waals surface area contributed by atoms with Crippen molar-refractivity contribution >= 4 is 5.69 Å². The van der Waals surface area contributed by atoms with Gasteiger partial charge in [0.15, 0.2) is 5.75 Å². The second-order valence-corrected chi connectivity index (χ2v) is 5.06. The molecular formula is C14H20N2O5. The third-order valence-electron chi connectivity index (χ3n) is 3.55. The van der Waals surface area contributed by atoms with Crippen molar-refractivity contribution in [3.63, 3.8) is 0 Å². The molecule has 116 valence electrons. The maximum Gasteiger partial charge on any atom is 0.311 e. The normalized spacial score (nSPS) is 24.4. The first-order valence-electron chi connectivity index (χ1n) is 6.81. The highest BCUT2D eigenvalue weighted by molar-refractivity contribution is 5.51. The van der Waals surface area contributed by atoms with Crippen molar-refractivity contribution in [2.45, 2.75) is 31.6 Å².